The SMILES string of the molecule is O=S(=O)(Cc1noc2ccccc12)N[C@H]1CCCOCC1. The fourth-order valence-electron chi connectivity index (χ4n) is 2.54. The van der Waals surface area contributed by atoms with Gasteiger partial charge in [-0.05, 0) is 31.4 Å². The number of rotatable bonds is 4. The summed E-state index contributed by atoms with van der Waals surface area (Å²) in [6, 6.07) is 7.20. The third-order valence-corrected chi connectivity index (χ3v) is 4.92. The molecule has 0 radical (unpaired) electrons. The van der Waals surface area contributed by atoms with Crippen LogP contribution in [0.15, 0.2) is 28.8 Å². The number of aromatic nitrogens is 1. The molecule has 1 aliphatic rings. The largest absolute Gasteiger partial charge is 0.381 e. The van der Waals surface area contributed by atoms with Crippen molar-refractivity contribution in [3.63, 3.8) is 0 Å². The molecule has 0 unspecified atom stereocenters. The van der Waals surface area contributed by atoms with E-state index in [4.69, 9.17) is 9.26 Å². The summed E-state index contributed by atoms with van der Waals surface area (Å²) in [6.07, 6.45) is 2.39. The van der Waals surface area contributed by atoms with Gasteiger partial charge in [0.15, 0.2) is 5.58 Å². The van der Waals surface area contributed by atoms with E-state index < -0.39 is 10.0 Å². The lowest BCUT2D eigenvalue weighted by atomic mass is 10.1. The van der Waals surface area contributed by atoms with Gasteiger partial charge in [0.1, 0.15) is 11.4 Å². The molecule has 7 heteroatoms. The molecule has 0 aliphatic carbocycles. The fraction of sp³-hybridized carbons (Fsp3) is 0.500. The Labute approximate surface area is 123 Å². The molecule has 1 aliphatic heterocycles. The van der Waals surface area contributed by atoms with Crippen molar-refractivity contribution in [2.75, 3.05) is 13.2 Å². The van der Waals surface area contributed by atoms with Crippen LogP contribution in [0.4, 0.5) is 0 Å². The molecule has 0 amide bonds. The smallest absolute Gasteiger partial charge is 0.217 e. The topological polar surface area (TPSA) is 81.4 Å². The van der Waals surface area contributed by atoms with Crippen molar-refractivity contribution in [1.82, 2.24) is 9.88 Å². The van der Waals surface area contributed by atoms with Crippen LogP contribution in [-0.2, 0) is 20.5 Å². The molecule has 0 saturated carbocycles. The molecule has 3 rings (SSSR count). The van der Waals surface area contributed by atoms with Crippen LogP contribution >= 0.6 is 0 Å². The van der Waals surface area contributed by atoms with Crippen LogP contribution in [0.3, 0.4) is 0 Å². The second kappa shape index (κ2) is 6.13. The van der Waals surface area contributed by atoms with Crippen LogP contribution in [0.25, 0.3) is 11.0 Å². The van der Waals surface area contributed by atoms with Crippen LogP contribution in [-0.4, -0.2) is 32.8 Å². The molecule has 1 atom stereocenters. The first-order valence-corrected chi connectivity index (χ1v) is 8.70. The number of para-hydroxylation sites is 1. The van der Waals surface area contributed by atoms with Crippen LogP contribution in [0, 0.1) is 0 Å². The lowest BCUT2D eigenvalue weighted by Gasteiger charge is -2.15. The average Bonchev–Trinajstić information content (AvgIpc) is 2.68. The summed E-state index contributed by atoms with van der Waals surface area (Å²) < 4.78 is 37.8. The highest BCUT2D eigenvalue weighted by Crippen LogP contribution is 2.20. The summed E-state index contributed by atoms with van der Waals surface area (Å²) in [7, 11) is -3.44. The quantitative estimate of drug-likeness (QED) is 0.931. The first kappa shape index (κ1) is 14.5. The Kier molecular flexibility index (Phi) is 4.23. The summed E-state index contributed by atoms with van der Waals surface area (Å²) in [6.45, 7) is 1.30. The van der Waals surface area contributed by atoms with Gasteiger partial charge >= 0.3 is 0 Å². The zero-order valence-electron chi connectivity index (χ0n) is 11.6. The van der Waals surface area contributed by atoms with Crippen molar-refractivity contribution in [3.05, 3.63) is 30.0 Å². The molecule has 1 aromatic carbocycles. The van der Waals surface area contributed by atoms with Gasteiger partial charge in [0.25, 0.3) is 0 Å². The van der Waals surface area contributed by atoms with Gasteiger partial charge in [-0.25, -0.2) is 13.1 Å². The van der Waals surface area contributed by atoms with Gasteiger partial charge in [-0.1, -0.05) is 17.3 Å². The van der Waals surface area contributed by atoms with Crippen LogP contribution < -0.4 is 4.72 Å². The molecular formula is C14H18N2O4S. The molecular weight excluding hydrogens is 292 g/mol. The Morgan fingerprint density at radius 1 is 1.24 bits per heavy atom. The van der Waals surface area contributed by atoms with E-state index in [1.54, 1.807) is 6.07 Å². The Morgan fingerprint density at radius 2 is 2.10 bits per heavy atom. The molecule has 1 saturated heterocycles. The molecule has 114 valence electrons. The van der Waals surface area contributed by atoms with Gasteiger partial charge in [-0.2, -0.15) is 0 Å². The van der Waals surface area contributed by atoms with E-state index in [0.717, 1.165) is 18.2 Å². The molecule has 21 heavy (non-hydrogen) atoms. The van der Waals surface area contributed by atoms with Crippen molar-refractivity contribution >= 4 is 21.0 Å². The van der Waals surface area contributed by atoms with Crippen molar-refractivity contribution in [3.8, 4) is 0 Å². The van der Waals surface area contributed by atoms with Gasteiger partial charge in [0.05, 0.1) is 0 Å². The predicted octanol–water partition coefficient (Wildman–Crippen LogP) is 1.82. The molecule has 1 fully saturated rings. The van der Waals surface area contributed by atoms with Gasteiger partial charge in [0, 0.05) is 24.6 Å². The summed E-state index contributed by atoms with van der Waals surface area (Å²) in [5, 5.41) is 4.62. The summed E-state index contributed by atoms with van der Waals surface area (Å²) in [4.78, 5) is 0. The van der Waals surface area contributed by atoms with Crippen molar-refractivity contribution in [1.29, 1.82) is 0 Å². The summed E-state index contributed by atoms with van der Waals surface area (Å²) >= 11 is 0. The first-order valence-electron chi connectivity index (χ1n) is 7.05. The Morgan fingerprint density at radius 3 is 3.00 bits per heavy atom. The highest BCUT2D eigenvalue weighted by molar-refractivity contribution is 7.88. The van der Waals surface area contributed by atoms with Gasteiger partial charge in [-0.15, -0.1) is 0 Å². The maximum absolute atomic E-state index is 12.3. The summed E-state index contributed by atoms with van der Waals surface area (Å²) in [5.41, 5.74) is 1.05. The number of hydrogen-bond donors (Lipinski definition) is 1. The average molecular weight is 310 g/mol. The van der Waals surface area contributed by atoms with Gasteiger partial charge in [-0.3, -0.25) is 0 Å². The second-order valence-electron chi connectivity index (χ2n) is 5.24. The minimum atomic E-state index is -3.44. The number of ether oxygens (including phenoxy) is 1. The summed E-state index contributed by atoms with van der Waals surface area (Å²) in [5.74, 6) is -0.165. The monoisotopic (exact) mass is 310 g/mol. The van der Waals surface area contributed by atoms with E-state index in [2.05, 4.69) is 9.88 Å². The molecule has 0 bridgehead atoms. The van der Waals surface area contributed by atoms with Crippen LogP contribution in [0.1, 0.15) is 25.0 Å². The third-order valence-electron chi connectivity index (χ3n) is 3.58. The number of sulfonamides is 1. The van der Waals surface area contributed by atoms with E-state index in [1.807, 2.05) is 18.2 Å². The number of benzene rings is 1. The van der Waals surface area contributed by atoms with Crippen molar-refractivity contribution in [2.45, 2.75) is 31.1 Å². The predicted molar refractivity (Wildman–Crippen MR) is 78.2 cm³/mol. The third kappa shape index (κ3) is 3.61. The van der Waals surface area contributed by atoms with Crippen LogP contribution in [0.2, 0.25) is 0 Å². The van der Waals surface area contributed by atoms with E-state index in [9.17, 15) is 8.42 Å². The number of fused-ring (bicyclic) bond motifs is 1. The Bertz CT molecular complexity index is 703. The standard InChI is InChI=1S/C14H18N2O4S/c17-21(18,16-11-4-3-8-19-9-7-11)10-13-12-5-1-2-6-14(12)20-15-13/h1-2,5-6,11,16H,3-4,7-10H2/t11-/m0/s1. The van der Waals surface area contributed by atoms with Crippen molar-refractivity contribution < 1.29 is 17.7 Å². The number of nitrogens with one attached hydrogen (secondary N) is 1. The molecule has 6 nitrogen and oxygen atoms in total. The molecule has 2 heterocycles. The van der Waals surface area contributed by atoms with E-state index in [-0.39, 0.29) is 11.8 Å². The lowest BCUT2D eigenvalue weighted by molar-refractivity contribution is 0.143. The second-order valence-corrected chi connectivity index (χ2v) is 7.00. The lowest BCUT2D eigenvalue weighted by Crippen LogP contribution is -2.35. The normalized spacial score (nSPS) is 20.5. The minimum absolute atomic E-state index is 0.0596. The van der Waals surface area contributed by atoms with Gasteiger partial charge in [0.2, 0.25) is 10.0 Å². The minimum Gasteiger partial charge on any atom is -0.381 e. The molecule has 0 spiro atoms. The maximum Gasteiger partial charge on any atom is 0.217 e. The first-order chi connectivity index (χ1) is 10.1. The maximum atomic E-state index is 12.3. The Balaban J connectivity index is 1.73. The van der Waals surface area contributed by atoms with E-state index in [1.165, 1.54) is 0 Å². The number of hydrogen-bond acceptors (Lipinski definition) is 5. The Hall–Kier alpha value is -1.44. The highest BCUT2D eigenvalue weighted by atomic mass is 32.2. The van der Waals surface area contributed by atoms with Crippen molar-refractivity contribution in [2.24, 2.45) is 0 Å². The molecule has 1 N–H and O–H groups in total. The highest BCUT2D eigenvalue weighted by Gasteiger charge is 2.22. The molecule has 2 aromatic rings. The zero-order valence-corrected chi connectivity index (χ0v) is 12.4. The van der Waals surface area contributed by atoms with Gasteiger partial charge < -0.3 is 9.26 Å². The zero-order chi connectivity index (χ0) is 14.7. The van der Waals surface area contributed by atoms with Crippen LogP contribution in [0.5, 0.6) is 0 Å². The van der Waals surface area contributed by atoms with E-state index in [0.29, 0.717) is 30.9 Å². The van der Waals surface area contributed by atoms with E-state index >= 15 is 0 Å². The molecule has 1 aromatic heterocycles. The fourth-order valence-corrected chi connectivity index (χ4v) is 3.93. The number of nitrogens with zero attached hydrogens (tertiary/aromatic N) is 1.